The van der Waals surface area contributed by atoms with Crippen molar-refractivity contribution in [3.63, 3.8) is 0 Å². The lowest BCUT2D eigenvalue weighted by molar-refractivity contribution is -0.207. The Labute approximate surface area is 105 Å². The van der Waals surface area contributed by atoms with Crippen LogP contribution in [0.4, 0.5) is 13.2 Å². The summed E-state index contributed by atoms with van der Waals surface area (Å²) in [5, 5.41) is 2.66. The van der Waals surface area contributed by atoms with Crippen LogP contribution in [-0.2, 0) is 5.54 Å². The predicted octanol–water partition coefficient (Wildman–Crippen LogP) is 3.64. The van der Waals surface area contributed by atoms with Crippen molar-refractivity contribution >= 4 is 12.4 Å². The van der Waals surface area contributed by atoms with Gasteiger partial charge in [0.25, 0.3) is 0 Å². The second-order valence-corrected chi connectivity index (χ2v) is 4.15. The highest BCUT2D eigenvalue weighted by atomic mass is 35.5. The lowest BCUT2D eigenvalue weighted by Gasteiger charge is -2.40. The van der Waals surface area contributed by atoms with Crippen LogP contribution in [-0.4, -0.2) is 12.7 Å². The lowest BCUT2D eigenvalue weighted by atomic mass is 9.81. The molecule has 0 aliphatic carbocycles. The molecule has 96 valence electrons. The molecule has 1 heterocycles. The van der Waals surface area contributed by atoms with Gasteiger partial charge in [-0.3, -0.25) is 5.32 Å². The Morgan fingerprint density at radius 2 is 1.71 bits per heavy atom. The molecular formula is C12H15ClF3N. The topological polar surface area (TPSA) is 12.0 Å². The minimum absolute atomic E-state index is 0. The molecule has 17 heavy (non-hydrogen) atoms. The van der Waals surface area contributed by atoms with Crippen LogP contribution in [0, 0.1) is 0 Å². The first kappa shape index (κ1) is 14.3. The van der Waals surface area contributed by atoms with Crippen molar-refractivity contribution in [2.24, 2.45) is 0 Å². The van der Waals surface area contributed by atoms with Crippen LogP contribution in [0.15, 0.2) is 30.3 Å². The zero-order chi connectivity index (χ0) is 11.6. The maximum absolute atomic E-state index is 13.2. The Morgan fingerprint density at radius 1 is 1.06 bits per heavy atom. The Kier molecular flexibility index (Phi) is 4.44. The van der Waals surface area contributed by atoms with Crippen molar-refractivity contribution in [1.29, 1.82) is 0 Å². The van der Waals surface area contributed by atoms with E-state index in [0.29, 0.717) is 18.5 Å². The fourth-order valence-electron chi connectivity index (χ4n) is 2.28. The summed E-state index contributed by atoms with van der Waals surface area (Å²) in [4.78, 5) is 0. The molecule has 1 fully saturated rings. The molecule has 0 spiro atoms. The molecule has 1 aromatic carbocycles. The minimum atomic E-state index is -4.24. The highest BCUT2D eigenvalue weighted by Crippen LogP contribution is 2.44. The van der Waals surface area contributed by atoms with Crippen LogP contribution in [0.25, 0.3) is 0 Å². The first-order valence-corrected chi connectivity index (χ1v) is 5.43. The predicted molar refractivity (Wildman–Crippen MR) is 63.3 cm³/mol. The summed E-state index contributed by atoms with van der Waals surface area (Å²) in [5.41, 5.74) is -1.52. The number of alkyl halides is 3. The maximum atomic E-state index is 13.2. The molecule has 1 aliphatic rings. The number of hydrogen-bond donors (Lipinski definition) is 1. The number of halogens is 4. The van der Waals surface area contributed by atoms with Crippen molar-refractivity contribution in [3.8, 4) is 0 Å². The van der Waals surface area contributed by atoms with Gasteiger partial charge in [-0.15, -0.1) is 12.4 Å². The molecule has 0 radical (unpaired) electrons. The van der Waals surface area contributed by atoms with E-state index in [1.807, 2.05) is 0 Å². The van der Waals surface area contributed by atoms with E-state index in [2.05, 4.69) is 5.32 Å². The third kappa shape index (κ3) is 2.58. The molecule has 0 amide bonds. The van der Waals surface area contributed by atoms with Gasteiger partial charge in [-0.1, -0.05) is 30.3 Å². The summed E-state index contributed by atoms with van der Waals surface area (Å²) < 4.78 is 39.7. The molecule has 1 N–H and O–H groups in total. The van der Waals surface area contributed by atoms with Crippen LogP contribution in [0.3, 0.4) is 0 Å². The molecule has 5 heteroatoms. The van der Waals surface area contributed by atoms with Crippen LogP contribution in [0.2, 0.25) is 0 Å². The van der Waals surface area contributed by atoms with Crippen molar-refractivity contribution in [3.05, 3.63) is 35.9 Å². The fourth-order valence-corrected chi connectivity index (χ4v) is 2.28. The third-order valence-corrected chi connectivity index (χ3v) is 3.16. The first-order chi connectivity index (χ1) is 7.56. The molecule has 2 rings (SSSR count). The van der Waals surface area contributed by atoms with Crippen LogP contribution < -0.4 is 5.32 Å². The standard InChI is InChI=1S/C12H14F3N.ClH/c13-12(14,15)11(8-4-5-9-16-11)10-6-2-1-3-7-10;/h1-3,6-7,16H,4-5,8-9H2;1H. The van der Waals surface area contributed by atoms with Gasteiger partial charge in [-0.05, 0) is 31.4 Å². The summed E-state index contributed by atoms with van der Waals surface area (Å²) in [6.45, 7) is 0.425. The van der Waals surface area contributed by atoms with Crippen molar-refractivity contribution in [2.45, 2.75) is 31.0 Å². The van der Waals surface area contributed by atoms with E-state index in [4.69, 9.17) is 0 Å². The number of hydrogen-bond acceptors (Lipinski definition) is 1. The summed E-state index contributed by atoms with van der Waals surface area (Å²) in [7, 11) is 0. The van der Waals surface area contributed by atoms with Gasteiger partial charge in [0.05, 0.1) is 0 Å². The summed E-state index contributed by atoms with van der Waals surface area (Å²) in [6.07, 6.45) is -2.69. The first-order valence-electron chi connectivity index (χ1n) is 5.43. The highest BCUT2D eigenvalue weighted by molar-refractivity contribution is 5.85. The zero-order valence-corrected chi connectivity index (χ0v) is 10.1. The number of rotatable bonds is 1. The van der Waals surface area contributed by atoms with E-state index in [9.17, 15) is 13.2 Å². The largest absolute Gasteiger partial charge is 0.410 e. The van der Waals surface area contributed by atoms with Gasteiger partial charge in [0.1, 0.15) is 5.54 Å². The van der Waals surface area contributed by atoms with Crippen molar-refractivity contribution in [1.82, 2.24) is 5.32 Å². The molecule has 0 bridgehead atoms. The molecule has 1 aliphatic heterocycles. The van der Waals surface area contributed by atoms with Crippen molar-refractivity contribution in [2.75, 3.05) is 6.54 Å². The minimum Gasteiger partial charge on any atom is -0.300 e. The van der Waals surface area contributed by atoms with Crippen LogP contribution in [0.5, 0.6) is 0 Å². The second kappa shape index (κ2) is 5.27. The zero-order valence-electron chi connectivity index (χ0n) is 9.26. The van der Waals surface area contributed by atoms with E-state index in [0.717, 1.165) is 6.42 Å². The van der Waals surface area contributed by atoms with Gasteiger partial charge in [-0.25, -0.2) is 0 Å². The van der Waals surface area contributed by atoms with Gasteiger partial charge >= 0.3 is 6.18 Å². The molecule has 1 unspecified atom stereocenters. The smallest absolute Gasteiger partial charge is 0.300 e. The number of piperidine rings is 1. The normalized spacial score (nSPS) is 25.1. The monoisotopic (exact) mass is 265 g/mol. The molecule has 1 atom stereocenters. The maximum Gasteiger partial charge on any atom is 0.410 e. The van der Waals surface area contributed by atoms with E-state index in [1.54, 1.807) is 30.3 Å². The molecule has 0 saturated carbocycles. The van der Waals surface area contributed by atoms with E-state index >= 15 is 0 Å². The number of benzene rings is 1. The van der Waals surface area contributed by atoms with E-state index < -0.39 is 11.7 Å². The molecule has 1 saturated heterocycles. The SMILES string of the molecule is Cl.FC(F)(F)C1(c2ccccc2)CCCCN1. The lowest BCUT2D eigenvalue weighted by Crippen LogP contribution is -2.56. The average Bonchev–Trinajstić information content (AvgIpc) is 2.30. The molecular weight excluding hydrogens is 251 g/mol. The van der Waals surface area contributed by atoms with Gasteiger partial charge in [0, 0.05) is 0 Å². The van der Waals surface area contributed by atoms with Gasteiger partial charge in [0.2, 0.25) is 0 Å². The van der Waals surface area contributed by atoms with Gasteiger partial charge in [0.15, 0.2) is 0 Å². The van der Waals surface area contributed by atoms with Gasteiger partial charge < -0.3 is 0 Å². The highest BCUT2D eigenvalue weighted by Gasteiger charge is 2.55. The fraction of sp³-hybridized carbons (Fsp3) is 0.500. The van der Waals surface area contributed by atoms with Gasteiger partial charge in [-0.2, -0.15) is 13.2 Å². The number of nitrogens with one attached hydrogen (secondary N) is 1. The van der Waals surface area contributed by atoms with E-state index in [1.165, 1.54) is 0 Å². The average molecular weight is 266 g/mol. The van der Waals surface area contributed by atoms with Crippen molar-refractivity contribution < 1.29 is 13.2 Å². The Morgan fingerprint density at radius 3 is 2.18 bits per heavy atom. The van der Waals surface area contributed by atoms with Crippen LogP contribution in [0.1, 0.15) is 24.8 Å². The Bertz CT molecular complexity index is 345. The third-order valence-electron chi connectivity index (χ3n) is 3.16. The van der Waals surface area contributed by atoms with Crippen LogP contribution >= 0.6 is 12.4 Å². The Balaban J connectivity index is 0.00000144. The summed E-state index contributed by atoms with van der Waals surface area (Å²) in [5.74, 6) is 0. The molecule has 0 aromatic heterocycles. The quantitative estimate of drug-likeness (QED) is 0.817. The Hall–Kier alpha value is -0.740. The molecule has 1 aromatic rings. The molecule has 1 nitrogen and oxygen atoms in total. The summed E-state index contributed by atoms with van der Waals surface area (Å²) >= 11 is 0. The summed E-state index contributed by atoms with van der Waals surface area (Å²) in [6, 6.07) is 8.13. The second-order valence-electron chi connectivity index (χ2n) is 4.15. The van der Waals surface area contributed by atoms with E-state index in [-0.39, 0.29) is 18.8 Å².